The molecule has 5 rings (SSSR count). The van der Waals surface area contributed by atoms with Crippen LogP contribution in [0.15, 0.2) is 85.5 Å². The van der Waals surface area contributed by atoms with Crippen LogP contribution in [-0.4, -0.2) is 20.0 Å². The van der Waals surface area contributed by atoms with E-state index in [0.717, 1.165) is 33.3 Å². The maximum atomic E-state index is 13.2. The number of benzene rings is 3. The molecule has 146 valence electrons. The minimum absolute atomic E-state index is 0.0521. The lowest BCUT2D eigenvalue weighted by atomic mass is 10.1. The fourth-order valence-electron chi connectivity index (χ4n) is 4.09. The predicted octanol–water partition coefficient (Wildman–Crippen LogP) is 5.83. The molecule has 0 N–H and O–H groups in total. The summed E-state index contributed by atoms with van der Waals surface area (Å²) in [4.78, 5) is 13.2. The maximum Gasteiger partial charge on any atom is 0.191 e. The Kier molecular flexibility index (Phi) is 4.32. The Morgan fingerprint density at radius 3 is 2.53 bits per heavy atom. The van der Waals surface area contributed by atoms with Crippen LogP contribution in [0.25, 0.3) is 33.5 Å². The highest BCUT2D eigenvalue weighted by molar-refractivity contribution is 6.12. The Bertz CT molecular complexity index is 1470. The Morgan fingerprint density at radius 2 is 1.73 bits per heavy atom. The standard InChI is InChI=1S/C26H21N3O/c1-3-16-28-22-10-6-7-11-23(22)29-26(28)25(18(2)27-29)24(30)15-13-19-12-14-20-8-4-5-9-21(20)17-19/h3-15,17H,1,16H2,2H3/b15-13+. The topological polar surface area (TPSA) is 39.3 Å². The van der Waals surface area contributed by atoms with E-state index in [4.69, 9.17) is 0 Å². The van der Waals surface area contributed by atoms with Crippen molar-refractivity contribution in [3.8, 4) is 0 Å². The van der Waals surface area contributed by atoms with Gasteiger partial charge in [-0.2, -0.15) is 5.10 Å². The molecular formula is C26H21N3O. The molecule has 0 spiro atoms. The summed E-state index contributed by atoms with van der Waals surface area (Å²) in [7, 11) is 0. The van der Waals surface area contributed by atoms with Crippen molar-refractivity contribution < 1.29 is 4.79 Å². The van der Waals surface area contributed by atoms with E-state index in [0.29, 0.717) is 12.1 Å². The first-order chi connectivity index (χ1) is 14.7. The third-order valence-electron chi connectivity index (χ3n) is 5.45. The first-order valence-corrected chi connectivity index (χ1v) is 9.96. The fraction of sp³-hybridized carbons (Fsp3) is 0.0769. The molecule has 0 aliphatic heterocycles. The van der Waals surface area contributed by atoms with Crippen molar-refractivity contribution in [3.05, 3.63) is 102 Å². The highest BCUT2D eigenvalue weighted by Crippen LogP contribution is 2.26. The SMILES string of the molecule is C=CCn1c2ccccc2n2nc(C)c(C(=O)/C=C/c3ccc4ccccc4c3)c12. The molecule has 4 heteroatoms. The van der Waals surface area contributed by atoms with Crippen molar-refractivity contribution in [2.24, 2.45) is 0 Å². The van der Waals surface area contributed by atoms with E-state index >= 15 is 0 Å². The molecule has 30 heavy (non-hydrogen) atoms. The number of carbonyl (C=O) groups excluding carboxylic acids is 1. The summed E-state index contributed by atoms with van der Waals surface area (Å²) in [6.45, 7) is 6.38. The van der Waals surface area contributed by atoms with Crippen LogP contribution in [-0.2, 0) is 6.54 Å². The second-order valence-corrected chi connectivity index (χ2v) is 7.39. The van der Waals surface area contributed by atoms with Crippen LogP contribution in [0.2, 0.25) is 0 Å². The molecule has 0 bridgehead atoms. The summed E-state index contributed by atoms with van der Waals surface area (Å²) < 4.78 is 3.96. The molecular weight excluding hydrogens is 370 g/mol. The van der Waals surface area contributed by atoms with Gasteiger partial charge in [0.25, 0.3) is 0 Å². The van der Waals surface area contributed by atoms with Gasteiger partial charge in [-0.25, -0.2) is 4.52 Å². The molecule has 0 amide bonds. The second-order valence-electron chi connectivity index (χ2n) is 7.39. The number of aryl methyl sites for hydroxylation is 1. The highest BCUT2D eigenvalue weighted by Gasteiger charge is 2.21. The monoisotopic (exact) mass is 391 g/mol. The van der Waals surface area contributed by atoms with E-state index in [1.165, 1.54) is 5.39 Å². The summed E-state index contributed by atoms with van der Waals surface area (Å²) in [5.41, 5.74) is 5.17. The molecule has 0 atom stereocenters. The number of hydrogen-bond donors (Lipinski definition) is 0. The molecule has 0 aliphatic carbocycles. The van der Waals surface area contributed by atoms with Crippen LogP contribution < -0.4 is 0 Å². The zero-order chi connectivity index (χ0) is 20.7. The number of ketones is 1. The Hall–Kier alpha value is -3.92. The summed E-state index contributed by atoms with van der Waals surface area (Å²) in [6, 6.07) is 22.4. The number of rotatable bonds is 5. The second kappa shape index (κ2) is 7.16. The minimum Gasteiger partial charge on any atom is -0.320 e. The Labute approximate surface area is 174 Å². The Balaban J connectivity index is 1.61. The Morgan fingerprint density at radius 1 is 1.00 bits per heavy atom. The van der Waals surface area contributed by atoms with Gasteiger partial charge in [-0.1, -0.05) is 60.7 Å². The third kappa shape index (κ3) is 2.85. The first-order valence-electron chi connectivity index (χ1n) is 9.96. The number of imidazole rings is 1. The minimum atomic E-state index is -0.0521. The number of fused-ring (bicyclic) bond motifs is 4. The van der Waals surface area contributed by atoms with Gasteiger partial charge in [0.1, 0.15) is 5.65 Å². The smallest absolute Gasteiger partial charge is 0.191 e. The predicted molar refractivity (Wildman–Crippen MR) is 123 cm³/mol. The molecule has 0 aliphatic rings. The van der Waals surface area contributed by atoms with E-state index in [1.54, 1.807) is 6.08 Å². The number of aromatic nitrogens is 3. The molecule has 2 aromatic heterocycles. The molecule has 0 fully saturated rings. The van der Waals surface area contributed by atoms with Gasteiger partial charge in [-0.15, -0.1) is 6.58 Å². The normalized spacial score (nSPS) is 11.8. The van der Waals surface area contributed by atoms with Crippen LogP contribution >= 0.6 is 0 Å². The quantitative estimate of drug-likeness (QED) is 0.215. The van der Waals surface area contributed by atoms with E-state index in [1.807, 2.05) is 66.1 Å². The van der Waals surface area contributed by atoms with Crippen molar-refractivity contribution in [3.63, 3.8) is 0 Å². The average molecular weight is 391 g/mol. The fourth-order valence-corrected chi connectivity index (χ4v) is 4.09. The highest BCUT2D eigenvalue weighted by atomic mass is 16.1. The number of hydrogen-bond acceptors (Lipinski definition) is 2. The zero-order valence-corrected chi connectivity index (χ0v) is 16.7. The maximum absolute atomic E-state index is 13.2. The van der Waals surface area contributed by atoms with E-state index in [-0.39, 0.29) is 5.78 Å². The van der Waals surface area contributed by atoms with Gasteiger partial charge in [0, 0.05) is 6.54 Å². The van der Waals surface area contributed by atoms with Gasteiger partial charge in [0.2, 0.25) is 0 Å². The number of nitrogens with zero attached hydrogens (tertiary/aromatic N) is 3. The van der Waals surface area contributed by atoms with E-state index in [9.17, 15) is 4.79 Å². The van der Waals surface area contributed by atoms with Crippen LogP contribution in [0.4, 0.5) is 0 Å². The zero-order valence-electron chi connectivity index (χ0n) is 16.7. The van der Waals surface area contributed by atoms with Crippen molar-refractivity contribution in [1.82, 2.24) is 14.2 Å². The van der Waals surface area contributed by atoms with Crippen molar-refractivity contribution >= 4 is 39.3 Å². The van der Waals surface area contributed by atoms with Gasteiger partial charge in [-0.3, -0.25) is 4.79 Å². The van der Waals surface area contributed by atoms with Gasteiger partial charge in [0.05, 0.1) is 22.3 Å². The van der Waals surface area contributed by atoms with Gasteiger partial charge >= 0.3 is 0 Å². The van der Waals surface area contributed by atoms with Crippen LogP contribution in [0.1, 0.15) is 21.6 Å². The van der Waals surface area contributed by atoms with E-state index in [2.05, 4.69) is 40.5 Å². The van der Waals surface area contributed by atoms with Crippen molar-refractivity contribution in [1.29, 1.82) is 0 Å². The largest absolute Gasteiger partial charge is 0.320 e. The molecule has 0 saturated carbocycles. The van der Waals surface area contributed by atoms with Crippen molar-refractivity contribution in [2.75, 3.05) is 0 Å². The lowest BCUT2D eigenvalue weighted by Gasteiger charge is -2.03. The van der Waals surface area contributed by atoms with Gasteiger partial charge in [-0.05, 0) is 47.5 Å². The van der Waals surface area contributed by atoms with Gasteiger partial charge in [0.15, 0.2) is 5.78 Å². The van der Waals surface area contributed by atoms with Crippen LogP contribution in [0.3, 0.4) is 0 Å². The molecule has 3 aromatic carbocycles. The molecule has 4 nitrogen and oxygen atoms in total. The van der Waals surface area contributed by atoms with Crippen molar-refractivity contribution in [2.45, 2.75) is 13.5 Å². The molecule has 0 radical (unpaired) electrons. The number of allylic oxidation sites excluding steroid dienone is 2. The third-order valence-corrected chi connectivity index (χ3v) is 5.45. The summed E-state index contributed by atoms with van der Waals surface area (Å²) in [6.07, 6.45) is 5.36. The summed E-state index contributed by atoms with van der Waals surface area (Å²) in [5, 5.41) is 7.01. The van der Waals surface area contributed by atoms with Crippen LogP contribution in [0, 0.1) is 6.92 Å². The van der Waals surface area contributed by atoms with E-state index < -0.39 is 0 Å². The lowest BCUT2D eigenvalue weighted by Crippen LogP contribution is -2.02. The lowest BCUT2D eigenvalue weighted by molar-refractivity contribution is 0.104. The molecule has 0 saturated heterocycles. The molecule has 2 heterocycles. The average Bonchev–Trinajstić information content (AvgIpc) is 3.26. The van der Waals surface area contributed by atoms with Crippen LogP contribution in [0.5, 0.6) is 0 Å². The summed E-state index contributed by atoms with van der Waals surface area (Å²) in [5.74, 6) is -0.0521. The van der Waals surface area contributed by atoms with Gasteiger partial charge < -0.3 is 4.57 Å². The number of carbonyl (C=O) groups is 1. The first kappa shape index (κ1) is 18.1. The molecule has 5 aromatic rings. The summed E-state index contributed by atoms with van der Waals surface area (Å²) >= 11 is 0. The molecule has 0 unspecified atom stereocenters. The number of para-hydroxylation sites is 2.